The van der Waals surface area contributed by atoms with E-state index in [-0.39, 0.29) is 6.10 Å². The molecule has 0 aromatic rings. The molecule has 0 bridgehead atoms. The maximum Gasteiger partial charge on any atom is 0.0991 e. The van der Waals surface area contributed by atoms with Gasteiger partial charge in [0.25, 0.3) is 0 Å². The second-order valence-corrected chi connectivity index (χ2v) is 6.50. The highest BCUT2D eigenvalue weighted by molar-refractivity contribution is 14.1. The van der Waals surface area contributed by atoms with E-state index in [0.717, 1.165) is 10.8 Å². The number of alkyl halides is 2. The third-order valence-electron chi connectivity index (χ3n) is 2.37. The third-order valence-corrected chi connectivity index (χ3v) is 4.13. The predicted molar refractivity (Wildman–Crippen MR) is 69.8 cm³/mol. The van der Waals surface area contributed by atoms with Gasteiger partial charge in [-0.15, -0.1) is 0 Å². The molecule has 4 unspecified atom stereocenters. The summed E-state index contributed by atoms with van der Waals surface area (Å²) in [6, 6.07) is 0. The molecule has 4 atom stereocenters. The molecule has 12 heavy (non-hydrogen) atoms. The van der Waals surface area contributed by atoms with Crippen LogP contribution in [0.1, 0.15) is 27.2 Å². The first-order chi connectivity index (χ1) is 5.50. The standard InChI is InChI=1S/C9H17I2O/c1-6(4-5-10)9(12)7(2)8(3)11/h6-9H,4-5H2,1-3H3. The summed E-state index contributed by atoms with van der Waals surface area (Å²) < 4.78 is 1.58. The van der Waals surface area contributed by atoms with E-state index >= 15 is 0 Å². The van der Waals surface area contributed by atoms with Crippen molar-refractivity contribution >= 4 is 45.2 Å². The van der Waals surface area contributed by atoms with Gasteiger partial charge in [0.2, 0.25) is 0 Å². The third kappa shape index (κ3) is 4.60. The van der Waals surface area contributed by atoms with Crippen LogP contribution in [-0.4, -0.2) is 14.5 Å². The van der Waals surface area contributed by atoms with Crippen LogP contribution in [0.15, 0.2) is 0 Å². The van der Waals surface area contributed by atoms with Crippen LogP contribution >= 0.6 is 45.2 Å². The van der Waals surface area contributed by atoms with Gasteiger partial charge in [-0.25, -0.2) is 5.11 Å². The molecule has 73 valence electrons. The minimum Gasteiger partial charge on any atom is -0.232 e. The fourth-order valence-electron chi connectivity index (χ4n) is 1.12. The van der Waals surface area contributed by atoms with Gasteiger partial charge in [0.05, 0.1) is 6.10 Å². The van der Waals surface area contributed by atoms with E-state index in [9.17, 15) is 5.11 Å². The van der Waals surface area contributed by atoms with Crippen molar-refractivity contribution in [3.63, 3.8) is 0 Å². The molecule has 0 aromatic carbocycles. The van der Waals surface area contributed by atoms with Crippen LogP contribution < -0.4 is 0 Å². The van der Waals surface area contributed by atoms with Crippen molar-refractivity contribution in [2.75, 3.05) is 4.43 Å². The molecule has 0 aliphatic heterocycles. The van der Waals surface area contributed by atoms with Gasteiger partial charge in [-0.1, -0.05) is 66.0 Å². The molecule has 0 aliphatic rings. The first kappa shape index (κ1) is 13.4. The Labute approximate surface area is 103 Å². The number of hydrogen-bond acceptors (Lipinski definition) is 0. The van der Waals surface area contributed by atoms with Crippen LogP contribution in [0.5, 0.6) is 0 Å². The van der Waals surface area contributed by atoms with E-state index in [1.807, 2.05) is 0 Å². The molecule has 0 rings (SSSR count). The number of hydrogen-bond donors (Lipinski definition) is 0. The van der Waals surface area contributed by atoms with Crippen molar-refractivity contribution in [1.82, 2.24) is 0 Å². The monoisotopic (exact) mass is 395 g/mol. The molecule has 3 heteroatoms. The van der Waals surface area contributed by atoms with Gasteiger partial charge in [0.15, 0.2) is 0 Å². The first-order valence-corrected chi connectivity index (χ1v) is 7.13. The summed E-state index contributed by atoms with van der Waals surface area (Å²) in [7, 11) is 0. The van der Waals surface area contributed by atoms with E-state index in [1.165, 1.54) is 0 Å². The lowest BCUT2D eigenvalue weighted by atomic mass is 9.90. The van der Waals surface area contributed by atoms with Crippen molar-refractivity contribution in [3.8, 4) is 0 Å². The van der Waals surface area contributed by atoms with Gasteiger partial charge in [-0.2, -0.15) is 0 Å². The molecule has 0 fully saturated rings. The van der Waals surface area contributed by atoms with Gasteiger partial charge < -0.3 is 0 Å². The van der Waals surface area contributed by atoms with Crippen molar-refractivity contribution in [2.24, 2.45) is 11.8 Å². The average molecular weight is 395 g/mol. The summed E-state index contributed by atoms with van der Waals surface area (Å²) in [6.07, 6.45) is 0.675. The molecule has 0 spiro atoms. The summed E-state index contributed by atoms with van der Waals surface area (Å²) in [6.45, 7) is 6.26. The molecule has 0 saturated heterocycles. The van der Waals surface area contributed by atoms with Crippen LogP contribution in [-0.2, 0) is 5.11 Å². The zero-order chi connectivity index (χ0) is 9.72. The summed E-state index contributed by atoms with van der Waals surface area (Å²) >= 11 is 4.68. The minimum atomic E-state index is -0.383. The van der Waals surface area contributed by atoms with Gasteiger partial charge in [-0.3, -0.25) is 0 Å². The topological polar surface area (TPSA) is 19.9 Å². The van der Waals surface area contributed by atoms with Crippen LogP contribution in [0, 0.1) is 11.8 Å². The Balaban J connectivity index is 3.90. The number of rotatable bonds is 5. The minimum absolute atomic E-state index is 0.295. The van der Waals surface area contributed by atoms with Gasteiger partial charge in [0.1, 0.15) is 0 Å². The van der Waals surface area contributed by atoms with E-state index in [2.05, 4.69) is 66.0 Å². The highest BCUT2D eigenvalue weighted by atomic mass is 127. The fourth-order valence-corrected chi connectivity index (χ4v) is 2.51. The van der Waals surface area contributed by atoms with E-state index in [0.29, 0.717) is 15.8 Å². The summed E-state index contributed by atoms with van der Waals surface area (Å²) in [5.41, 5.74) is 0. The second-order valence-electron chi connectivity index (χ2n) is 3.46. The lowest BCUT2D eigenvalue weighted by Crippen LogP contribution is -2.29. The molecular formula is C9H17I2O. The Bertz CT molecular complexity index is 117. The molecule has 1 nitrogen and oxygen atoms in total. The Hall–Kier alpha value is 1.42. The molecule has 0 aliphatic carbocycles. The summed E-state index contributed by atoms with van der Waals surface area (Å²) in [5.74, 6) is 0.623. The van der Waals surface area contributed by atoms with Gasteiger partial charge >= 0.3 is 0 Å². The van der Waals surface area contributed by atoms with Gasteiger partial charge in [-0.05, 0) is 22.7 Å². The number of halogens is 2. The Morgan fingerprint density at radius 3 is 2.08 bits per heavy atom. The van der Waals surface area contributed by atoms with Crippen LogP contribution in [0.25, 0.3) is 0 Å². The SMILES string of the molecule is CC(I)C(C)C([O])C(C)CCI. The molecule has 0 amide bonds. The second kappa shape index (κ2) is 6.81. The Kier molecular flexibility index (Phi) is 7.62. The fraction of sp³-hybridized carbons (Fsp3) is 1.00. The Morgan fingerprint density at radius 1 is 1.25 bits per heavy atom. The smallest absolute Gasteiger partial charge is 0.0991 e. The van der Waals surface area contributed by atoms with Crippen molar-refractivity contribution < 1.29 is 5.11 Å². The largest absolute Gasteiger partial charge is 0.232 e. The highest BCUT2D eigenvalue weighted by Gasteiger charge is 2.25. The van der Waals surface area contributed by atoms with Crippen LogP contribution in [0.4, 0.5) is 0 Å². The molecule has 0 N–H and O–H groups in total. The van der Waals surface area contributed by atoms with E-state index in [4.69, 9.17) is 0 Å². The molecule has 0 saturated carbocycles. The van der Waals surface area contributed by atoms with Crippen molar-refractivity contribution in [2.45, 2.75) is 37.2 Å². The quantitative estimate of drug-likeness (QED) is 0.500. The molecule has 0 heterocycles. The maximum absolute atomic E-state index is 11.7. The van der Waals surface area contributed by atoms with Crippen LogP contribution in [0.3, 0.4) is 0 Å². The predicted octanol–water partition coefficient (Wildman–Crippen LogP) is 3.71. The summed E-state index contributed by atoms with van der Waals surface area (Å²) in [5, 5.41) is 11.7. The molecule has 1 radical (unpaired) electrons. The van der Waals surface area contributed by atoms with Crippen LogP contribution in [0.2, 0.25) is 0 Å². The lowest BCUT2D eigenvalue weighted by Gasteiger charge is -2.24. The average Bonchev–Trinajstić information content (AvgIpc) is 2.02. The zero-order valence-electron chi connectivity index (χ0n) is 7.89. The normalized spacial score (nSPS) is 21.5. The lowest BCUT2D eigenvalue weighted by molar-refractivity contribution is 0.00233. The van der Waals surface area contributed by atoms with Crippen molar-refractivity contribution in [3.05, 3.63) is 0 Å². The zero-order valence-corrected chi connectivity index (χ0v) is 12.2. The molecular weight excluding hydrogens is 378 g/mol. The highest BCUT2D eigenvalue weighted by Crippen LogP contribution is 2.24. The van der Waals surface area contributed by atoms with Crippen molar-refractivity contribution in [1.29, 1.82) is 0 Å². The maximum atomic E-state index is 11.7. The van der Waals surface area contributed by atoms with Gasteiger partial charge in [0, 0.05) is 3.92 Å². The summed E-state index contributed by atoms with van der Waals surface area (Å²) in [4.78, 5) is 0. The van der Waals surface area contributed by atoms with E-state index < -0.39 is 0 Å². The van der Waals surface area contributed by atoms with E-state index in [1.54, 1.807) is 0 Å². The first-order valence-electron chi connectivity index (χ1n) is 4.36. The Morgan fingerprint density at radius 2 is 1.75 bits per heavy atom. The molecule has 0 aromatic heterocycles.